The van der Waals surface area contributed by atoms with E-state index in [9.17, 15) is 4.79 Å². The predicted molar refractivity (Wildman–Crippen MR) is 102 cm³/mol. The van der Waals surface area contributed by atoms with Crippen molar-refractivity contribution in [3.05, 3.63) is 82.1 Å². The number of rotatable bonds is 3. The van der Waals surface area contributed by atoms with E-state index in [4.69, 9.17) is 4.74 Å². The summed E-state index contributed by atoms with van der Waals surface area (Å²) < 4.78 is 7.60. The molecular weight excluding hydrogens is 396 g/mol. The Morgan fingerprint density at radius 3 is 2.58 bits per heavy atom. The molecule has 1 N–H and O–H groups in total. The van der Waals surface area contributed by atoms with E-state index in [1.807, 2.05) is 41.1 Å². The van der Waals surface area contributed by atoms with Crippen molar-refractivity contribution in [1.82, 2.24) is 14.8 Å². The van der Waals surface area contributed by atoms with Crippen LogP contribution in [0.1, 0.15) is 27.5 Å². The molecule has 0 bridgehead atoms. The Morgan fingerprint density at radius 1 is 1.15 bits per heavy atom. The molecule has 0 fully saturated rings. The zero-order chi connectivity index (χ0) is 18.1. The average molecular weight is 411 g/mol. The molecule has 130 valence electrons. The average Bonchev–Trinajstić information content (AvgIpc) is 3.16. The van der Waals surface area contributed by atoms with Crippen LogP contribution in [0.2, 0.25) is 0 Å². The number of benzene rings is 2. The first-order chi connectivity index (χ1) is 12.7. The van der Waals surface area contributed by atoms with Gasteiger partial charge in [-0.1, -0.05) is 40.2 Å². The van der Waals surface area contributed by atoms with Gasteiger partial charge in [0, 0.05) is 10.2 Å². The lowest BCUT2D eigenvalue weighted by Crippen LogP contribution is -2.20. The number of aromatic nitrogens is 3. The predicted octanol–water partition coefficient (Wildman–Crippen LogP) is 3.88. The van der Waals surface area contributed by atoms with Gasteiger partial charge < -0.3 is 10.1 Å². The fourth-order valence-electron chi connectivity index (χ4n) is 2.90. The Morgan fingerprint density at radius 2 is 1.88 bits per heavy atom. The molecule has 26 heavy (non-hydrogen) atoms. The van der Waals surface area contributed by atoms with Crippen molar-refractivity contribution >= 4 is 33.5 Å². The molecular formula is C19H15BrN4O2. The van der Waals surface area contributed by atoms with Crippen LogP contribution in [0.15, 0.2) is 65.4 Å². The number of nitrogens with one attached hydrogen (secondary N) is 1. The summed E-state index contributed by atoms with van der Waals surface area (Å²) in [5.41, 5.74) is 3.53. The Bertz CT molecular complexity index is 978. The number of ether oxygens (including phenoxy) is 1. The largest absolute Gasteiger partial charge is 0.465 e. The van der Waals surface area contributed by atoms with Crippen LogP contribution in [0.25, 0.3) is 5.70 Å². The van der Waals surface area contributed by atoms with Crippen molar-refractivity contribution < 1.29 is 9.53 Å². The van der Waals surface area contributed by atoms with Gasteiger partial charge in [-0.05, 0) is 41.5 Å². The van der Waals surface area contributed by atoms with Crippen LogP contribution in [-0.2, 0) is 4.74 Å². The van der Waals surface area contributed by atoms with Gasteiger partial charge in [0.1, 0.15) is 12.4 Å². The van der Waals surface area contributed by atoms with Gasteiger partial charge in [-0.25, -0.2) is 9.48 Å². The van der Waals surface area contributed by atoms with Gasteiger partial charge in [-0.2, -0.15) is 10.1 Å². The smallest absolute Gasteiger partial charge is 0.337 e. The number of anilines is 1. The maximum atomic E-state index is 11.6. The van der Waals surface area contributed by atoms with Gasteiger partial charge in [0.05, 0.1) is 12.7 Å². The summed E-state index contributed by atoms with van der Waals surface area (Å²) in [7, 11) is 1.37. The number of methoxy groups -OCH3 is 1. The molecule has 2 aromatic carbocycles. The molecule has 1 atom stereocenters. The highest BCUT2D eigenvalue weighted by Crippen LogP contribution is 2.32. The molecule has 1 aliphatic heterocycles. The second-order valence-electron chi connectivity index (χ2n) is 5.80. The topological polar surface area (TPSA) is 69.0 Å². The third kappa shape index (κ3) is 3.01. The minimum absolute atomic E-state index is 0.126. The van der Waals surface area contributed by atoms with Gasteiger partial charge in [-0.15, -0.1) is 0 Å². The molecule has 0 amide bonds. The number of nitrogens with zero attached hydrogens (tertiary/aromatic N) is 3. The Kier molecular flexibility index (Phi) is 4.30. The number of fused-ring (bicyclic) bond motifs is 1. The van der Waals surface area contributed by atoms with Gasteiger partial charge in [-0.3, -0.25) is 0 Å². The van der Waals surface area contributed by atoms with Crippen LogP contribution >= 0.6 is 15.9 Å². The van der Waals surface area contributed by atoms with E-state index >= 15 is 0 Å². The monoisotopic (exact) mass is 410 g/mol. The number of halogens is 1. The highest BCUT2D eigenvalue weighted by atomic mass is 79.9. The quantitative estimate of drug-likeness (QED) is 0.663. The summed E-state index contributed by atoms with van der Waals surface area (Å²) in [4.78, 5) is 15.9. The van der Waals surface area contributed by atoms with Crippen molar-refractivity contribution in [2.75, 3.05) is 12.4 Å². The Balaban J connectivity index is 1.73. The second-order valence-corrected chi connectivity index (χ2v) is 6.71. The number of hydrogen-bond acceptors (Lipinski definition) is 5. The molecule has 0 saturated carbocycles. The molecule has 0 saturated heterocycles. The molecule has 4 rings (SSSR count). The van der Waals surface area contributed by atoms with E-state index in [0.29, 0.717) is 11.5 Å². The minimum atomic E-state index is -0.352. The van der Waals surface area contributed by atoms with Crippen LogP contribution < -0.4 is 5.32 Å². The van der Waals surface area contributed by atoms with Crippen LogP contribution in [0, 0.1) is 0 Å². The SMILES string of the molecule is COC(=O)c1ccc(C2C=C(c3ccc(Br)cc3)Nc3ncnn32)cc1. The highest BCUT2D eigenvalue weighted by Gasteiger charge is 2.23. The van der Waals surface area contributed by atoms with Crippen molar-refractivity contribution in [3.8, 4) is 0 Å². The number of hydrogen-bond donors (Lipinski definition) is 1. The van der Waals surface area contributed by atoms with E-state index < -0.39 is 0 Å². The fraction of sp³-hybridized carbons (Fsp3) is 0.105. The fourth-order valence-corrected chi connectivity index (χ4v) is 3.17. The number of carbonyl (C=O) groups excluding carboxylic acids is 1. The van der Waals surface area contributed by atoms with Crippen molar-refractivity contribution in [2.24, 2.45) is 0 Å². The zero-order valence-corrected chi connectivity index (χ0v) is 15.5. The first-order valence-corrected chi connectivity index (χ1v) is 8.77. The molecule has 2 heterocycles. The standard InChI is InChI=1S/C19H15BrN4O2/c1-26-18(25)14-4-2-13(3-5-14)17-10-16(12-6-8-15(20)9-7-12)23-19-21-11-22-24(17)19/h2-11,17H,1H3,(H,21,22,23). The molecule has 1 unspecified atom stereocenters. The molecule has 3 aromatic rings. The highest BCUT2D eigenvalue weighted by molar-refractivity contribution is 9.10. The first kappa shape index (κ1) is 16.5. The molecule has 0 aliphatic carbocycles. The van der Waals surface area contributed by atoms with E-state index in [1.165, 1.54) is 13.4 Å². The first-order valence-electron chi connectivity index (χ1n) is 7.98. The molecule has 0 spiro atoms. The van der Waals surface area contributed by atoms with Crippen molar-refractivity contribution in [1.29, 1.82) is 0 Å². The normalized spacial score (nSPS) is 15.6. The Hall–Kier alpha value is -2.93. The summed E-state index contributed by atoms with van der Waals surface area (Å²) in [6.45, 7) is 0. The van der Waals surface area contributed by atoms with E-state index in [2.05, 4.69) is 37.4 Å². The van der Waals surface area contributed by atoms with Crippen LogP contribution in [-0.4, -0.2) is 27.8 Å². The molecule has 7 heteroatoms. The van der Waals surface area contributed by atoms with Crippen molar-refractivity contribution in [2.45, 2.75) is 6.04 Å². The second kappa shape index (κ2) is 6.76. The summed E-state index contributed by atoms with van der Waals surface area (Å²) >= 11 is 3.46. The molecule has 0 radical (unpaired) electrons. The van der Waals surface area contributed by atoms with Crippen LogP contribution in [0.5, 0.6) is 0 Å². The lowest BCUT2D eigenvalue weighted by molar-refractivity contribution is 0.0600. The molecule has 1 aromatic heterocycles. The third-order valence-corrected chi connectivity index (χ3v) is 4.76. The van der Waals surface area contributed by atoms with Gasteiger partial charge in [0.25, 0.3) is 0 Å². The summed E-state index contributed by atoms with van der Waals surface area (Å²) in [6, 6.07) is 15.3. The molecule has 6 nitrogen and oxygen atoms in total. The summed E-state index contributed by atoms with van der Waals surface area (Å²) in [5, 5.41) is 7.64. The lowest BCUT2D eigenvalue weighted by Gasteiger charge is -2.24. The van der Waals surface area contributed by atoms with E-state index in [-0.39, 0.29) is 12.0 Å². The maximum Gasteiger partial charge on any atom is 0.337 e. The maximum absolute atomic E-state index is 11.6. The van der Waals surface area contributed by atoms with Gasteiger partial charge >= 0.3 is 5.97 Å². The minimum Gasteiger partial charge on any atom is -0.465 e. The number of carbonyl (C=O) groups is 1. The Labute approximate surface area is 158 Å². The number of allylic oxidation sites excluding steroid dienone is 1. The number of esters is 1. The van der Waals surface area contributed by atoms with Crippen LogP contribution in [0.4, 0.5) is 5.95 Å². The lowest BCUT2D eigenvalue weighted by atomic mass is 10.0. The van der Waals surface area contributed by atoms with E-state index in [1.54, 1.807) is 12.1 Å². The van der Waals surface area contributed by atoms with Gasteiger partial charge in [0.2, 0.25) is 5.95 Å². The van der Waals surface area contributed by atoms with E-state index in [0.717, 1.165) is 21.3 Å². The van der Waals surface area contributed by atoms with Crippen LogP contribution in [0.3, 0.4) is 0 Å². The zero-order valence-electron chi connectivity index (χ0n) is 13.9. The third-order valence-electron chi connectivity index (χ3n) is 4.24. The molecule has 1 aliphatic rings. The van der Waals surface area contributed by atoms with Crippen molar-refractivity contribution in [3.63, 3.8) is 0 Å². The summed E-state index contributed by atoms with van der Waals surface area (Å²) in [6.07, 6.45) is 3.62. The van der Waals surface area contributed by atoms with Gasteiger partial charge in [0.15, 0.2) is 0 Å². The summed E-state index contributed by atoms with van der Waals surface area (Å²) in [5.74, 6) is 0.321.